The fraction of sp³-hybridized carbons (Fsp3) is 0.767. The van der Waals surface area contributed by atoms with Gasteiger partial charge in [-0.15, -0.1) is 0 Å². The molecular weight excluding hydrogens is 512 g/mol. The second-order valence-electron chi connectivity index (χ2n) is 14.7. The molecule has 2 aliphatic carbocycles. The number of sulfonamides is 1. The number of carbonyl (C=O) groups excluding carboxylic acids is 1. The zero-order valence-electron chi connectivity index (χ0n) is 24.5. The molecule has 0 radical (unpaired) electrons. The molecule has 0 N–H and O–H groups in total. The van der Waals surface area contributed by atoms with Gasteiger partial charge in [-0.1, -0.05) is 65.0 Å². The molecule has 2 heterocycles. The SMILES string of the molecule is CC1(C)[C@@H]2CC[C@]13CS(=O)(=O)N(C(=O)[C@@H]1CN(Cc4ccccc4)C[C@@H]1CCO[Si](C)(C)C(C)(C)C)[C@@H]3C2. The Morgan fingerprint density at radius 1 is 1.13 bits per heavy atom. The quantitative estimate of drug-likeness (QED) is 0.411. The molecule has 2 saturated heterocycles. The first-order chi connectivity index (χ1) is 17.6. The smallest absolute Gasteiger partial charge is 0.241 e. The normalized spacial score (nSPS) is 34.1. The van der Waals surface area contributed by atoms with Crippen LogP contribution in [0.3, 0.4) is 0 Å². The Morgan fingerprint density at radius 2 is 1.82 bits per heavy atom. The van der Waals surface area contributed by atoms with E-state index in [0.29, 0.717) is 19.1 Å². The minimum atomic E-state index is -3.62. The van der Waals surface area contributed by atoms with E-state index in [2.05, 4.69) is 64.7 Å². The second kappa shape index (κ2) is 9.42. The number of fused-ring (bicyclic) bond motifs is 1. The van der Waals surface area contributed by atoms with Crippen molar-refractivity contribution in [1.82, 2.24) is 9.21 Å². The molecule has 5 rings (SSSR count). The van der Waals surface area contributed by atoms with Crippen LogP contribution >= 0.6 is 0 Å². The topological polar surface area (TPSA) is 66.9 Å². The lowest BCUT2D eigenvalue weighted by Crippen LogP contribution is -2.47. The van der Waals surface area contributed by atoms with Gasteiger partial charge in [0.15, 0.2) is 8.32 Å². The van der Waals surface area contributed by atoms with Crippen molar-refractivity contribution in [3.8, 4) is 0 Å². The van der Waals surface area contributed by atoms with E-state index in [0.717, 1.165) is 38.8 Å². The number of likely N-dealkylation sites (tertiary alicyclic amines) is 1. The van der Waals surface area contributed by atoms with Crippen molar-refractivity contribution in [2.45, 2.75) is 91.0 Å². The molecule has 2 bridgehead atoms. The molecule has 4 fully saturated rings. The average molecular weight is 561 g/mol. The van der Waals surface area contributed by atoms with E-state index in [1.165, 1.54) is 9.87 Å². The van der Waals surface area contributed by atoms with Gasteiger partial charge in [0.05, 0.1) is 17.7 Å². The van der Waals surface area contributed by atoms with Gasteiger partial charge in [-0.25, -0.2) is 12.7 Å². The molecule has 8 heteroatoms. The van der Waals surface area contributed by atoms with Crippen LogP contribution in [0, 0.1) is 28.6 Å². The van der Waals surface area contributed by atoms with Gasteiger partial charge < -0.3 is 4.43 Å². The van der Waals surface area contributed by atoms with Crippen molar-refractivity contribution in [1.29, 1.82) is 0 Å². The van der Waals surface area contributed by atoms with E-state index < -0.39 is 18.3 Å². The number of amides is 1. The molecule has 212 valence electrons. The van der Waals surface area contributed by atoms with Crippen LogP contribution in [-0.2, 0) is 25.8 Å². The standard InChI is InChI=1S/C30H48N2O4SSi/c1-28(2,3)38(6,7)36-16-14-23-19-31(18-22-11-9-8-10-12-22)20-25(23)27(33)32-26-17-24-13-15-30(26,29(24,4)5)21-37(32,34)35/h8-12,23-26H,13-21H2,1-7H3/t23-,24+,25+,26+,30+/m0/s1. The first-order valence-electron chi connectivity index (χ1n) is 14.6. The zero-order valence-corrected chi connectivity index (χ0v) is 26.3. The van der Waals surface area contributed by atoms with Crippen molar-refractivity contribution >= 4 is 24.2 Å². The van der Waals surface area contributed by atoms with E-state index in [1.54, 1.807) is 0 Å². The molecule has 38 heavy (non-hydrogen) atoms. The van der Waals surface area contributed by atoms with Crippen LogP contribution in [0.5, 0.6) is 0 Å². The number of benzene rings is 1. The third kappa shape index (κ3) is 4.51. The molecule has 6 nitrogen and oxygen atoms in total. The first-order valence-corrected chi connectivity index (χ1v) is 19.1. The molecular formula is C30H48N2O4SSi. The van der Waals surface area contributed by atoms with Crippen LogP contribution in [-0.4, -0.2) is 63.3 Å². The van der Waals surface area contributed by atoms with E-state index in [1.807, 2.05) is 18.2 Å². The molecule has 2 aliphatic heterocycles. The summed E-state index contributed by atoms with van der Waals surface area (Å²) in [7, 11) is -5.52. The number of hydrogen-bond acceptors (Lipinski definition) is 5. The molecule has 0 aromatic heterocycles. The third-order valence-corrected chi connectivity index (χ3v) is 17.9. The Kier molecular flexibility index (Phi) is 7.02. The molecule has 1 amide bonds. The minimum Gasteiger partial charge on any atom is -0.417 e. The highest BCUT2D eigenvalue weighted by molar-refractivity contribution is 7.90. The highest BCUT2D eigenvalue weighted by Crippen LogP contribution is 2.70. The summed E-state index contributed by atoms with van der Waals surface area (Å²) < 4.78 is 35.2. The second-order valence-corrected chi connectivity index (χ2v) is 21.4. The van der Waals surface area contributed by atoms with Crippen molar-refractivity contribution < 1.29 is 17.6 Å². The Bertz CT molecular complexity index is 1160. The van der Waals surface area contributed by atoms with E-state index >= 15 is 0 Å². The van der Waals surface area contributed by atoms with Crippen molar-refractivity contribution in [2.75, 3.05) is 25.4 Å². The van der Waals surface area contributed by atoms with Gasteiger partial charge in [0.2, 0.25) is 15.9 Å². The first kappa shape index (κ1) is 28.3. The molecule has 5 atom stereocenters. The maximum atomic E-state index is 14.3. The summed E-state index contributed by atoms with van der Waals surface area (Å²) in [6.45, 7) is 18.5. The summed E-state index contributed by atoms with van der Waals surface area (Å²) in [5.41, 5.74) is 0.903. The van der Waals surface area contributed by atoms with Gasteiger partial charge in [-0.05, 0) is 66.6 Å². The maximum absolute atomic E-state index is 14.3. The van der Waals surface area contributed by atoms with Crippen LogP contribution in [0.2, 0.25) is 18.1 Å². The van der Waals surface area contributed by atoms with Gasteiger partial charge in [0.25, 0.3) is 0 Å². The molecule has 1 aromatic carbocycles. The third-order valence-electron chi connectivity index (χ3n) is 11.5. The Morgan fingerprint density at radius 3 is 2.45 bits per heavy atom. The predicted octanol–water partition coefficient (Wildman–Crippen LogP) is 5.51. The predicted molar refractivity (Wildman–Crippen MR) is 154 cm³/mol. The Labute approximate surface area is 231 Å². The van der Waals surface area contributed by atoms with E-state index in [9.17, 15) is 13.2 Å². The number of hydrogen-bond donors (Lipinski definition) is 0. The number of carbonyl (C=O) groups is 1. The Hall–Kier alpha value is -1.22. The highest BCUT2D eigenvalue weighted by Gasteiger charge is 2.72. The van der Waals surface area contributed by atoms with Crippen molar-refractivity contribution in [3.05, 3.63) is 35.9 Å². The van der Waals surface area contributed by atoms with Gasteiger partial charge in [0, 0.05) is 31.7 Å². The van der Waals surface area contributed by atoms with Crippen LogP contribution in [0.25, 0.3) is 0 Å². The molecule has 0 unspecified atom stereocenters. The van der Waals surface area contributed by atoms with Gasteiger partial charge in [-0.3, -0.25) is 9.69 Å². The lowest BCUT2D eigenvalue weighted by Gasteiger charge is -2.38. The van der Waals surface area contributed by atoms with Crippen molar-refractivity contribution in [2.24, 2.45) is 28.6 Å². The lowest BCUT2D eigenvalue weighted by molar-refractivity contribution is -0.134. The van der Waals surface area contributed by atoms with Crippen LogP contribution < -0.4 is 0 Å². The van der Waals surface area contributed by atoms with Crippen LogP contribution in [0.4, 0.5) is 0 Å². The van der Waals surface area contributed by atoms with Crippen LogP contribution in [0.1, 0.15) is 65.9 Å². The molecule has 2 saturated carbocycles. The van der Waals surface area contributed by atoms with Gasteiger partial charge in [-0.2, -0.15) is 0 Å². The molecule has 1 spiro atoms. The van der Waals surface area contributed by atoms with E-state index in [-0.39, 0.29) is 45.4 Å². The number of rotatable bonds is 7. The van der Waals surface area contributed by atoms with E-state index in [4.69, 9.17) is 4.43 Å². The average Bonchev–Trinajstić information content (AvgIpc) is 3.45. The summed E-state index contributed by atoms with van der Waals surface area (Å²) >= 11 is 0. The Balaban J connectivity index is 1.37. The molecule has 1 aromatic rings. The lowest BCUT2D eigenvalue weighted by atomic mass is 9.69. The largest absolute Gasteiger partial charge is 0.417 e. The molecule has 4 aliphatic rings. The van der Waals surface area contributed by atoms with Crippen molar-refractivity contribution in [3.63, 3.8) is 0 Å². The monoisotopic (exact) mass is 560 g/mol. The number of nitrogens with zero attached hydrogens (tertiary/aromatic N) is 2. The summed E-state index contributed by atoms with van der Waals surface area (Å²) in [5.74, 6) is 0.274. The van der Waals surface area contributed by atoms with Gasteiger partial charge >= 0.3 is 0 Å². The fourth-order valence-electron chi connectivity index (χ4n) is 7.93. The summed E-state index contributed by atoms with van der Waals surface area (Å²) in [5, 5.41) is 0.129. The summed E-state index contributed by atoms with van der Waals surface area (Å²) in [4.78, 5) is 16.7. The summed E-state index contributed by atoms with van der Waals surface area (Å²) in [6, 6.07) is 10.2. The van der Waals surface area contributed by atoms with Gasteiger partial charge in [0.1, 0.15) is 0 Å². The fourth-order valence-corrected chi connectivity index (χ4v) is 11.6. The highest BCUT2D eigenvalue weighted by atomic mass is 32.2. The van der Waals surface area contributed by atoms with Crippen LogP contribution in [0.15, 0.2) is 30.3 Å². The minimum absolute atomic E-state index is 0.0365. The zero-order chi connectivity index (χ0) is 27.7. The maximum Gasteiger partial charge on any atom is 0.241 e. The summed E-state index contributed by atoms with van der Waals surface area (Å²) in [6.07, 6.45) is 3.62.